The fourth-order valence-corrected chi connectivity index (χ4v) is 2.87. The second-order valence-electron chi connectivity index (χ2n) is 6.47. The molecule has 0 N–H and O–H groups in total. The van der Waals surface area contributed by atoms with Gasteiger partial charge in [-0.3, -0.25) is 14.5 Å². The number of rotatable bonds is 3. The summed E-state index contributed by atoms with van der Waals surface area (Å²) in [5.41, 5.74) is -0.351. The van der Waals surface area contributed by atoms with Crippen molar-refractivity contribution in [2.24, 2.45) is 0 Å². The molecule has 1 unspecified atom stereocenters. The number of thioether (sulfide) groups is 1. The third-order valence-corrected chi connectivity index (χ3v) is 3.68. The summed E-state index contributed by atoms with van der Waals surface area (Å²) in [7, 11) is 0. The molecule has 0 bridgehead atoms. The molecule has 1 fully saturated rings. The van der Waals surface area contributed by atoms with Gasteiger partial charge in [-0.05, 0) is 20.8 Å². The molecule has 1 aliphatic heterocycles. The van der Waals surface area contributed by atoms with Gasteiger partial charge in [0, 0.05) is 11.2 Å². The molecule has 0 aromatic heterocycles. The molecule has 4 nitrogen and oxygen atoms in total. The number of likely N-dealkylation sites (tertiary alicyclic amines) is 1. The highest BCUT2D eigenvalue weighted by Gasteiger charge is 2.41. The highest BCUT2D eigenvalue weighted by atomic mass is 32.2. The van der Waals surface area contributed by atoms with Gasteiger partial charge in [-0.1, -0.05) is 20.8 Å². The summed E-state index contributed by atoms with van der Waals surface area (Å²) in [6.07, 6.45) is 0.286. The predicted octanol–water partition coefficient (Wildman–Crippen LogP) is 2.42. The molecule has 0 spiro atoms. The molecule has 1 heterocycles. The Balaban J connectivity index is 2.62. The van der Waals surface area contributed by atoms with Gasteiger partial charge in [0.1, 0.15) is 6.73 Å². The average molecular weight is 273 g/mol. The number of ether oxygens (including phenoxy) is 1. The fourth-order valence-electron chi connectivity index (χ4n) is 1.57. The summed E-state index contributed by atoms with van der Waals surface area (Å²) < 4.78 is 5.48. The zero-order chi connectivity index (χ0) is 14.1. The van der Waals surface area contributed by atoms with E-state index in [1.807, 2.05) is 41.5 Å². The van der Waals surface area contributed by atoms with E-state index in [-0.39, 0.29) is 40.6 Å². The lowest BCUT2D eigenvalue weighted by molar-refractivity contribution is -0.149. The van der Waals surface area contributed by atoms with E-state index in [0.29, 0.717) is 0 Å². The predicted molar refractivity (Wildman–Crippen MR) is 73.3 cm³/mol. The van der Waals surface area contributed by atoms with Crippen LogP contribution in [0.25, 0.3) is 0 Å². The Morgan fingerprint density at radius 1 is 1.22 bits per heavy atom. The fraction of sp³-hybridized carbons (Fsp3) is 0.846. The molecule has 0 radical (unpaired) electrons. The molecule has 1 aliphatic rings. The summed E-state index contributed by atoms with van der Waals surface area (Å²) in [4.78, 5) is 25.2. The van der Waals surface area contributed by atoms with Gasteiger partial charge >= 0.3 is 0 Å². The molecule has 1 atom stereocenters. The zero-order valence-electron chi connectivity index (χ0n) is 12.1. The van der Waals surface area contributed by atoms with Crippen LogP contribution in [0.1, 0.15) is 48.0 Å². The molecular weight excluding hydrogens is 250 g/mol. The Morgan fingerprint density at radius 3 is 2.22 bits per heavy atom. The van der Waals surface area contributed by atoms with Crippen LogP contribution >= 0.6 is 11.8 Å². The molecule has 1 rings (SSSR count). The minimum absolute atomic E-state index is 0.0263. The summed E-state index contributed by atoms with van der Waals surface area (Å²) in [5.74, 6) is -0.254. The van der Waals surface area contributed by atoms with Crippen LogP contribution in [0.4, 0.5) is 0 Å². The maximum Gasteiger partial charge on any atom is 0.244 e. The van der Waals surface area contributed by atoms with E-state index in [4.69, 9.17) is 4.74 Å². The van der Waals surface area contributed by atoms with Crippen molar-refractivity contribution in [3.05, 3.63) is 0 Å². The maximum absolute atomic E-state index is 12.1. The summed E-state index contributed by atoms with van der Waals surface area (Å²) in [6, 6.07) is 0. The van der Waals surface area contributed by atoms with Gasteiger partial charge in [0.05, 0.1) is 10.9 Å². The van der Waals surface area contributed by atoms with Crippen molar-refractivity contribution in [1.29, 1.82) is 0 Å². The first-order valence-electron chi connectivity index (χ1n) is 6.15. The van der Waals surface area contributed by atoms with Crippen LogP contribution in [0.5, 0.6) is 0 Å². The quantitative estimate of drug-likeness (QED) is 0.741. The second-order valence-corrected chi connectivity index (χ2v) is 8.50. The lowest BCUT2D eigenvalue weighted by atomic mass is 10.2. The Bertz CT molecular complexity index is 341. The molecule has 104 valence electrons. The van der Waals surface area contributed by atoms with Crippen molar-refractivity contribution >= 4 is 23.6 Å². The van der Waals surface area contributed by atoms with Crippen molar-refractivity contribution in [2.75, 3.05) is 6.73 Å². The zero-order valence-corrected chi connectivity index (χ0v) is 12.9. The van der Waals surface area contributed by atoms with E-state index in [0.717, 1.165) is 0 Å². The first kappa shape index (κ1) is 15.5. The van der Waals surface area contributed by atoms with Crippen LogP contribution in [0.15, 0.2) is 0 Å². The van der Waals surface area contributed by atoms with Crippen LogP contribution in [-0.4, -0.2) is 39.0 Å². The van der Waals surface area contributed by atoms with Gasteiger partial charge in [0.25, 0.3) is 0 Å². The minimum Gasteiger partial charge on any atom is -0.355 e. The lowest BCUT2D eigenvalue weighted by Gasteiger charge is -2.24. The van der Waals surface area contributed by atoms with Gasteiger partial charge in [0.15, 0.2) is 0 Å². The number of imide groups is 1. The summed E-state index contributed by atoms with van der Waals surface area (Å²) >= 11 is 1.55. The molecule has 0 aromatic carbocycles. The number of hydrogen-bond donors (Lipinski definition) is 0. The van der Waals surface area contributed by atoms with Crippen molar-refractivity contribution in [3.8, 4) is 0 Å². The maximum atomic E-state index is 12.1. The first-order chi connectivity index (χ1) is 7.99. The molecule has 1 saturated heterocycles. The largest absolute Gasteiger partial charge is 0.355 e. The van der Waals surface area contributed by atoms with E-state index in [1.165, 1.54) is 4.90 Å². The molecule has 0 aromatic rings. The normalized spacial score (nSPS) is 21.9. The van der Waals surface area contributed by atoms with Crippen molar-refractivity contribution < 1.29 is 14.3 Å². The van der Waals surface area contributed by atoms with Crippen LogP contribution in [0, 0.1) is 0 Å². The highest BCUT2D eigenvalue weighted by Crippen LogP contribution is 2.34. The van der Waals surface area contributed by atoms with Gasteiger partial charge in [-0.2, -0.15) is 0 Å². The minimum atomic E-state index is -0.351. The van der Waals surface area contributed by atoms with Gasteiger partial charge in [-0.25, -0.2) is 0 Å². The van der Waals surface area contributed by atoms with E-state index < -0.39 is 0 Å². The molecule has 5 heteroatoms. The molecule has 0 aliphatic carbocycles. The van der Waals surface area contributed by atoms with Crippen molar-refractivity contribution in [3.63, 3.8) is 0 Å². The average Bonchev–Trinajstić information content (AvgIpc) is 2.35. The highest BCUT2D eigenvalue weighted by molar-refractivity contribution is 8.01. The monoisotopic (exact) mass is 273 g/mol. The standard InChI is InChI=1S/C13H23NO3S/c1-12(2,3)17-8-14-10(15)7-9(11(14)16)18-13(4,5)6/h9H,7-8H2,1-6H3. The Hall–Kier alpha value is -0.550. The number of carbonyl (C=O) groups is 2. The van der Waals surface area contributed by atoms with Crippen LogP contribution in [-0.2, 0) is 14.3 Å². The third kappa shape index (κ3) is 4.61. The van der Waals surface area contributed by atoms with Crippen LogP contribution < -0.4 is 0 Å². The number of carbonyl (C=O) groups excluding carboxylic acids is 2. The second kappa shape index (κ2) is 5.21. The first-order valence-corrected chi connectivity index (χ1v) is 7.03. The van der Waals surface area contributed by atoms with Gasteiger partial charge < -0.3 is 4.74 Å². The summed E-state index contributed by atoms with van der Waals surface area (Å²) in [5, 5.41) is -0.263. The van der Waals surface area contributed by atoms with Gasteiger partial charge in [-0.15, -0.1) is 11.8 Å². The lowest BCUT2D eigenvalue weighted by Crippen LogP contribution is -2.37. The topological polar surface area (TPSA) is 46.6 Å². The van der Waals surface area contributed by atoms with Crippen molar-refractivity contribution in [1.82, 2.24) is 4.90 Å². The van der Waals surface area contributed by atoms with E-state index in [1.54, 1.807) is 11.8 Å². The molecule has 18 heavy (non-hydrogen) atoms. The third-order valence-electron chi connectivity index (χ3n) is 2.33. The Kier molecular flexibility index (Phi) is 4.49. The Labute approximate surface area is 113 Å². The van der Waals surface area contributed by atoms with Crippen LogP contribution in [0.3, 0.4) is 0 Å². The van der Waals surface area contributed by atoms with Crippen LogP contribution in [0.2, 0.25) is 0 Å². The Morgan fingerprint density at radius 2 is 1.78 bits per heavy atom. The number of hydrogen-bond acceptors (Lipinski definition) is 4. The van der Waals surface area contributed by atoms with Crippen molar-refractivity contribution in [2.45, 2.75) is 63.6 Å². The smallest absolute Gasteiger partial charge is 0.244 e. The number of nitrogens with zero attached hydrogens (tertiary/aromatic N) is 1. The van der Waals surface area contributed by atoms with E-state index >= 15 is 0 Å². The molecular formula is C13H23NO3S. The van der Waals surface area contributed by atoms with E-state index in [9.17, 15) is 9.59 Å². The SMILES string of the molecule is CC(C)(C)OCN1C(=O)CC(SC(C)(C)C)C1=O. The molecule has 2 amide bonds. The van der Waals surface area contributed by atoms with Gasteiger partial charge in [0.2, 0.25) is 11.8 Å². The van der Waals surface area contributed by atoms with E-state index in [2.05, 4.69) is 0 Å². The summed E-state index contributed by atoms with van der Waals surface area (Å²) in [6.45, 7) is 11.9. The number of amides is 2. The molecule has 0 saturated carbocycles.